The quantitative estimate of drug-likeness (QED) is 0.471. The largest absolute Gasteiger partial charge is 0.497 e. The molecule has 0 unspecified atom stereocenters. The first kappa shape index (κ1) is 20.6. The van der Waals surface area contributed by atoms with Gasteiger partial charge in [0.2, 0.25) is 0 Å². The Bertz CT molecular complexity index is 1060. The molecule has 0 aliphatic carbocycles. The van der Waals surface area contributed by atoms with Gasteiger partial charge in [-0.05, 0) is 36.3 Å². The SMILES string of the molecule is COc1ccc(/C=C(/C(=O)N2CCN(c3cc(C)ncn3)CC2)c2ccccc2)cc1. The predicted octanol–water partition coefficient (Wildman–Crippen LogP) is 3.68. The van der Waals surface area contributed by atoms with Gasteiger partial charge in [0.25, 0.3) is 5.91 Å². The number of piperazine rings is 1. The molecule has 1 aliphatic heterocycles. The van der Waals surface area contributed by atoms with Crippen LogP contribution in [-0.2, 0) is 4.79 Å². The number of rotatable bonds is 5. The summed E-state index contributed by atoms with van der Waals surface area (Å²) in [4.78, 5) is 26.2. The van der Waals surface area contributed by atoms with E-state index in [1.54, 1.807) is 13.4 Å². The molecular formula is C25H26N4O2. The van der Waals surface area contributed by atoms with Crippen molar-refractivity contribution in [3.63, 3.8) is 0 Å². The lowest BCUT2D eigenvalue weighted by Crippen LogP contribution is -2.49. The zero-order valence-electron chi connectivity index (χ0n) is 17.9. The number of benzene rings is 2. The Kier molecular flexibility index (Phi) is 6.26. The van der Waals surface area contributed by atoms with Gasteiger partial charge in [-0.1, -0.05) is 42.5 Å². The molecule has 0 radical (unpaired) electrons. The Hall–Kier alpha value is -3.67. The Morgan fingerprint density at radius 3 is 2.32 bits per heavy atom. The lowest BCUT2D eigenvalue weighted by Gasteiger charge is -2.36. The highest BCUT2D eigenvalue weighted by Gasteiger charge is 2.25. The molecular weight excluding hydrogens is 388 g/mol. The molecule has 1 aliphatic rings. The van der Waals surface area contributed by atoms with Crippen molar-refractivity contribution >= 4 is 23.4 Å². The average molecular weight is 415 g/mol. The first-order valence-corrected chi connectivity index (χ1v) is 10.4. The van der Waals surface area contributed by atoms with E-state index in [0.717, 1.165) is 41.5 Å². The number of carbonyl (C=O) groups excluding carboxylic acids is 1. The minimum absolute atomic E-state index is 0.0422. The van der Waals surface area contributed by atoms with E-state index in [0.29, 0.717) is 18.7 Å². The fourth-order valence-electron chi connectivity index (χ4n) is 3.68. The summed E-state index contributed by atoms with van der Waals surface area (Å²) >= 11 is 0. The van der Waals surface area contributed by atoms with Gasteiger partial charge in [0.05, 0.1) is 7.11 Å². The molecule has 0 saturated carbocycles. The minimum atomic E-state index is 0.0422. The molecule has 2 aromatic carbocycles. The number of aromatic nitrogens is 2. The molecule has 31 heavy (non-hydrogen) atoms. The van der Waals surface area contributed by atoms with Crippen molar-refractivity contribution in [3.05, 3.63) is 83.8 Å². The monoisotopic (exact) mass is 414 g/mol. The van der Waals surface area contributed by atoms with Gasteiger partial charge < -0.3 is 14.5 Å². The van der Waals surface area contributed by atoms with E-state index >= 15 is 0 Å². The maximum atomic E-state index is 13.5. The zero-order chi connectivity index (χ0) is 21.6. The smallest absolute Gasteiger partial charge is 0.254 e. The second-order valence-electron chi connectivity index (χ2n) is 7.49. The summed E-state index contributed by atoms with van der Waals surface area (Å²) in [6, 6.07) is 19.6. The van der Waals surface area contributed by atoms with Crippen LogP contribution in [0.4, 0.5) is 5.82 Å². The molecule has 1 fully saturated rings. The van der Waals surface area contributed by atoms with Gasteiger partial charge in [-0.25, -0.2) is 9.97 Å². The van der Waals surface area contributed by atoms with Gasteiger partial charge in [-0.3, -0.25) is 4.79 Å². The number of aryl methyl sites for hydroxylation is 1. The third-order valence-electron chi connectivity index (χ3n) is 5.42. The molecule has 6 nitrogen and oxygen atoms in total. The Morgan fingerprint density at radius 2 is 1.68 bits per heavy atom. The van der Waals surface area contributed by atoms with E-state index in [2.05, 4.69) is 14.9 Å². The van der Waals surface area contributed by atoms with Crippen LogP contribution in [0.25, 0.3) is 11.6 Å². The fourth-order valence-corrected chi connectivity index (χ4v) is 3.68. The van der Waals surface area contributed by atoms with Crippen LogP contribution < -0.4 is 9.64 Å². The molecule has 4 rings (SSSR count). The minimum Gasteiger partial charge on any atom is -0.497 e. The van der Waals surface area contributed by atoms with Crippen LogP contribution in [0.5, 0.6) is 5.75 Å². The van der Waals surface area contributed by atoms with Gasteiger partial charge in [0, 0.05) is 43.5 Å². The predicted molar refractivity (Wildman–Crippen MR) is 123 cm³/mol. The molecule has 158 valence electrons. The maximum Gasteiger partial charge on any atom is 0.254 e. The third-order valence-corrected chi connectivity index (χ3v) is 5.42. The molecule has 1 aromatic heterocycles. The molecule has 0 spiro atoms. The zero-order valence-corrected chi connectivity index (χ0v) is 17.9. The lowest BCUT2D eigenvalue weighted by molar-refractivity contribution is -0.125. The van der Waals surface area contributed by atoms with Gasteiger partial charge in [0.15, 0.2) is 0 Å². The van der Waals surface area contributed by atoms with E-state index < -0.39 is 0 Å². The van der Waals surface area contributed by atoms with Crippen LogP contribution in [-0.4, -0.2) is 54.1 Å². The maximum absolute atomic E-state index is 13.5. The third kappa shape index (κ3) is 4.91. The van der Waals surface area contributed by atoms with Crippen LogP contribution in [0.15, 0.2) is 67.0 Å². The second-order valence-corrected chi connectivity index (χ2v) is 7.49. The van der Waals surface area contributed by atoms with E-state index in [9.17, 15) is 4.79 Å². The number of methoxy groups -OCH3 is 1. The highest BCUT2D eigenvalue weighted by Crippen LogP contribution is 2.23. The van der Waals surface area contributed by atoms with Crippen molar-refractivity contribution in [1.82, 2.24) is 14.9 Å². The van der Waals surface area contributed by atoms with Crippen LogP contribution in [0.1, 0.15) is 16.8 Å². The summed E-state index contributed by atoms with van der Waals surface area (Å²) in [6.07, 6.45) is 3.55. The van der Waals surface area contributed by atoms with E-state index in [4.69, 9.17) is 4.74 Å². The number of ether oxygens (including phenoxy) is 1. The number of amides is 1. The first-order chi connectivity index (χ1) is 15.1. The van der Waals surface area contributed by atoms with Crippen LogP contribution in [0, 0.1) is 6.92 Å². The Morgan fingerprint density at radius 1 is 0.968 bits per heavy atom. The van der Waals surface area contributed by atoms with Crippen molar-refractivity contribution in [3.8, 4) is 5.75 Å². The normalized spacial score (nSPS) is 14.5. The molecule has 0 bridgehead atoms. The van der Waals surface area contributed by atoms with Crippen molar-refractivity contribution in [2.24, 2.45) is 0 Å². The summed E-state index contributed by atoms with van der Waals surface area (Å²) in [5.74, 6) is 1.75. The van der Waals surface area contributed by atoms with Gasteiger partial charge in [-0.2, -0.15) is 0 Å². The Labute approximate surface area is 182 Å². The molecule has 2 heterocycles. The van der Waals surface area contributed by atoms with Crippen LogP contribution in [0.2, 0.25) is 0 Å². The van der Waals surface area contributed by atoms with Crippen molar-refractivity contribution in [1.29, 1.82) is 0 Å². The highest BCUT2D eigenvalue weighted by atomic mass is 16.5. The standard InChI is InChI=1S/C25H26N4O2/c1-19-16-24(27-18-26-19)28-12-14-29(15-13-28)25(30)23(21-6-4-3-5-7-21)17-20-8-10-22(31-2)11-9-20/h3-11,16-18H,12-15H2,1-2H3/b23-17+. The summed E-state index contributed by atoms with van der Waals surface area (Å²) in [5.41, 5.74) is 3.51. The molecule has 1 amide bonds. The molecule has 0 N–H and O–H groups in total. The summed E-state index contributed by atoms with van der Waals surface area (Å²) in [7, 11) is 1.65. The fraction of sp³-hybridized carbons (Fsp3) is 0.240. The summed E-state index contributed by atoms with van der Waals surface area (Å²) < 4.78 is 5.25. The Balaban J connectivity index is 1.54. The van der Waals surface area contributed by atoms with Crippen molar-refractivity contribution in [2.75, 3.05) is 38.2 Å². The van der Waals surface area contributed by atoms with Gasteiger partial charge in [-0.15, -0.1) is 0 Å². The average Bonchev–Trinajstić information content (AvgIpc) is 2.83. The topological polar surface area (TPSA) is 58.6 Å². The van der Waals surface area contributed by atoms with Crippen molar-refractivity contribution < 1.29 is 9.53 Å². The van der Waals surface area contributed by atoms with Gasteiger partial charge >= 0.3 is 0 Å². The lowest BCUT2D eigenvalue weighted by atomic mass is 10.0. The molecule has 1 saturated heterocycles. The van der Waals surface area contributed by atoms with E-state index in [-0.39, 0.29) is 5.91 Å². The summed E-state index contributed by atoms with van der Waals surface area (Å²) in [5, 5.41) is 0. The van der Waals surface area contributed by atoms with Crippen molar-refractivity contribution in [2.45, 2.75) is 6.92 Å². The number of hydrogen-bond acceptors (Lipinski definition) is 5. The summed E-state index contributed by atoms with van der Waals surface area (Å²) in [6.45, 7) is 4.74. The number of carbonyl (C=O) groups is 1. The highest BCUT2D eigenvalue weighted by molar-refractivity contribution is 6.24. The number of anilines is 1. The second kappa shape index (κ2) is 9.43. The first-order valence-electron chi connectivity index (χ1n) is 10.4. The molecule has 0 atom stereocenters. The van der Waals surface area contributed by atoms with Gasteiger partial charge in [0.1, 0.15) is 17.9 Å². The van der Waals surface area contributed by atoms with Crippen LogP contribution >= 0.6 is 0 Å². The number of nitrogens with zero attached hydrogens (tertiary/aromatic N) is 4. The number of hydrogen-bond donors (Lipinski definition) is 0. The van der Waals surface area contributed by atoms with E-state index in [1.165, 1.54) is 0 Å². The molecule has 3 aromatic rings. The van der Waals surface area contributed by atoms with Crippen LogP contribution in [0.3, 0.4) is 0 Å². The van der Waals surface area contributed by atoms with E-state index in [1.807, 2.05) is 78.6 Å². The molecule has 6 heteroatoms.